The van der Waals surface area contributed by atoms with Gasteiger partial charge in [-0.15, -0.1) is 0 Å². The van der Waals surface area contributed by atoms with E-state index in [4.69, 9.17) is 4.74 Å². The number of hydrogen-bond acceptors (Lipinski definition) is 6. The van der Waals surface area contributed by atoms with E-state index < -0.39 is 21.9 Å². The van der Waals surface area contributed by atoms with Crippen LogP contribution < -0.4 is 10.1 Å². The van der Waals surface area contributed by atoms with E-state index in [1.807, 2.05) is 0 Å². The molecule has 0 aromatic heterocycles. The minimum Gasteiger partial charge on any atom is -0.495 e. The van der Waals surface area contributed by atoms with Crippen LogP contribution in [0.5, 0.6) is 5.75 Å². The van der Waals surface area contributed by atoms with Crippen molar-refractivity contribution in [2.24, 2.45) is 0 Å². The number of sulfonamides is 1. The molecule has 1 amide bonds. The van der Waals surface area contributed by atoms with Crippen molar-refractivity contribution >= 4 is 27.6 Å². The van der Waals surface area contributed by atoms with Gasteiger partial charge in [0.1, 0.15) is 5.75 Å². The van der Waals surface area contributed by atoms with Gasteiger partial charge >= 0.3 is 5.97 Å². The number of nitrogens with one attached hydrogen (secondary N) is 1. The first kappa shape index (κ1) is 21.8. The van der Waals surface area contributed by atoms with Crippen LogP contribution in [0.4, 0.5) is 5.69 Å². The van der Waals surface area contributed by atoms with Crippen molar-refractivity contribution in [2.45, 2.75) is 24.2 Å². The van der Waals surface area contributed by atoms with Crippen molar-refractivity contribution in [3.63, 3.8) is 0 Å². The number of esters is 1. The second kappa shape index (κ2) is 9.27. The summed E-state index contributed by atoms with van der Waals surface area (Å²) < 4.78 is 37.3. The molecule has 3 rings (SSSR count). The molecule has 0 unspecified atom stereocenters. The number of methoxy groups -OCH3 is 2. The number of anilines is 1. The van der Waals surface area contributed by atoms with Crippen molar-refractivity contribution in [2.75, 3.05) is 32.6 Å². The highest BCUT2D eigenvalue weighted by Gasteiger charge is 2.27. The summed E-state index contributed by atoms with van der Waals surface area (Å²) >= 11 is 0. The van der Waals surface area contributed by atoms with Gasteiger partial charge in [-0.3, -0.25) is 4.79 Å². The molecule has 0 radical (unpaired) electrons. The predicted octanol–water partition coefficient (Wildman–Crippen LogP) is 2.91. The molecular formula is C21H24N2O6S. The number of rotatable bonds is 6. The molecule has 1 aliphatic rings. The number of piperidine rings is 1. The monoisotopic (exact) mass is 432 g/mol. The summed E-state index contributed by atoms with van der Waals surface area (Å²) in [6, 6.07) is 10.3. The molecule has 1 aliphatic heterocycles. The lowest BCUT2D eigenvalue weighted by molar-refractivity contribution is 0.0600. The molecule has 0 spiro atoms. The number of nitrogens with zero attached hydrogens (tertiary/aromatic N) is 1. The van der Waals surface area contributed by atoms with Crippen molar-refractivity contribution in [1.82, 2.24) is 4.31 Å². The molecule has 2 aromatic rings. The first-order valence-electron chi connectivity index (χ1n) is 9.54. The Morgan fingerprint density at radius 2 is 1.57 bits per heavy atom. The van der Waals surface area contributed by atoms with Crippen LogP contribution >= 0.6 is 0 Å². The van der Waals surface area contributed by atoms with Crippen molar-refractivity contribution in [1.29, 1.82) is 0 Å². The SMILES string of the molecule is COC(=O)c1ccc(C(=O)Nc2cc(S(=O)(=O)N3CCCCC3)ccc2OC)cc1. The van der Waals surface area contributed by atoms with Crippen LogP contribution in [0.3, 0.4) is 0 Å². The van der Waals surface area contributed by atoms with Crippen LogP contribution in [0, 0.1) is 0 Å². The van der Waals surface area contributed by atoms with Gasteiger partial charge in [0.2, 0.25) is 10.0 Å². The number of amides is 1. The molecule has 1 heterocycles. The molecule has 1 saturated heterocycles. The minimum absolute atomic E-state index is 0.0986. The van der Waals surface area contributed by atoms with Crippen molar-refractivity contribution < 1.29 is 27.5 Å². The first-order valence-corrected chi connectivity index (χ1v) is 11.0. The standard InChI is InChI=1S/C21H24N2O6S/c1-28-19-11-10-17(30(26,27)23-12-4-3-5-13-23)14-18(19)22-20(24)15-6-8-16(9-7-15)21(25)29-2/h6-11,14H,3-5,12-13H2,1-2H3,(H,22,24). The van der Waals surface area contributed by atoms with Crippen LogP contribution in [0.1, 0.15) is 40.0 Å². The van der Waals surface area contributed by atoms with E-state index in [2.05, 4.69) is 10.1 Å². The maximum Gasteiger partial charge on any atom is 0.337 e. The fourth-order valence-corrected chi connectivity index (χ4v) is 4.81. The normalized spacial score (nSPS) is 14.7. The van der Waals surface area contributed by atoms with E-state index in [-0.39, 0.29) is 10.6 Å². The van der Waals surface area contributed by atoms with E-state index in [0.717, 1.165) is 19.3 Å². The quantitative estimate of drug-likeness (QED) is 0.704. The van der Waals surface area contributed by atoms with Gasteiger partial charge in [-0.25, -0.2) is 13.2 Å². The predicted molar refractivity (Wildman–Crippen MR) is 111 cm³/mol. The van der Waals surface area contributed by atoms with E-state index in [1.54, 1.807) is 0 Å². The smallest absolute Gasteiger partial charge is 0.337 e. The summed E-state index contributed by atoms with van der Waals surface area (Å²) in [5.41, 5.74) is 0.868. The number of carbonyl (C=O) groups is 2. The Balaban J connectivity index is 1.85. The zero-order valence-corrected chi connectivity index (χ0v) is 17.7. The summed E-state index contributed by atoms with van der Waals surface area (Å²) in [5, 5.41) is 2.69. The Bertz CT molecular complexity index is 1030. The number of ether oxygens (including phenoxy) is 2. The summed E-state index contributed by atoms with van der Waals surface area (Å²) in [6.45, 7) is 0.977. The van der Waals surface area contributed by atoms with Crippen LogP contribution in [0.2, 0.25) is 0 Å². The first-order chi connectivity index (χ1) is 14.4. The van der Waals surface area contributed by atoms with E-state index in [0.29, 0.717) is 30.0 Å². The highest BCUT2D eigenvalue weighted by Crippen LogP contribution is 2.30. The minimum atomic E-state index is -3.65. The summed E-state index contributed by atoms with van der Waals surface area (Å²) in [7, 11) is -0.936. The molecule has 1 N–H and O–H groups in total. The molecular weight excluding hydrogens is 408 g/mol. The number of benzene rings is 2. The van der Waals surface area contributed by atoms with Gasteiger partial charge in [0.15, 0.2) is 0 Å². The lowest BCUT2D eigenvalue weighted by atomic mass is 10.1. The molecule has 1 fully saturated rings. The van der Waals surface area contributed by atoms with Crippen LogP contribution in [-0.4, -0.2) is 51.9 Å². The number of carbonyl (C=O) groups excluding carboxylic acids is 2. The van der Waals surface area contributed by atoms with Gasteiger partial charge < -0.3 is 14.8 Å². The maximum absolute atomic E-state index is 13.0. The van der Waals surface area contributed by atoms with Gasteiger partial charge in [-0.2, -0.15) is 4.31 Å². The number of hydrogen-bond donors (Lipinski definition) is 1. The molecule has 30 heavy (non-hydrogen) atoms. The Hall–Kier alpha value is -2.91. The van der Waals surface area contributed by atoms with Crippen molar-refractivity contribution in [3.05, 3.63) is 53.6 Å². The third kappa shape index (κ3) is 4.63. The van der Waals surface area contributed by atoms with E-state index in [1.165, 1.54) is 61.0 Å². The fraction of sp³-hybridized carbons (Fsp3) is 0.333. The highest BCUT2D eigenvalue weighted by atomic mass is 32.2. The molecule has 0 saturated carbocycles. The van der Waals surface area contributed by atoms with Gasteiger partial charge in [-0.05, 0) is 55.3 Å². The molecule has 2 aromatic carbocycles. The summed E-state index contributed by atoms with van der Waals surface area (Å²) in [5.74, 6) is -0.622. The average Bonchev–Trinajstić information content (AvgIpc) is 2.79. The summed E-state index contributed by atoms with van der Waals surface area (Å²) in [4.78, 5) is 24.3. The molecule has 0 bridgehead atoms. The zero-order chi connectivity index (χ0) is 21.7. The van der Waals surface area contributed by atoms with Gasteiger partial charge in [-0.1, -0.05) is 6.42 Å². The third-order valence-electron chi connectivity index (χ3n) is 4.94. The Kier molecular flexibility index (Phi) is 6.73. The zero-order valence-electron chi connectivity index (χ0n) is 16.9. The van der Waals surface area contributed by atoms with Crippen LogP contribution in [0.15, 0.2) is 47.4 Å². The van der Waals surface area contributed by atoms with Gasteiger partial charge in [0.25, 0.3) is 5.91 Å². The lowest BCUT2D eigenvalue weighted by Gasteiger charge is -2.26. The topological polar surface area (TPSA) is 102 Å². The van der Waals surface area contributed by atoms with Crippen LogP contribution in [-0.2, 0) is 14.8 Å². The Morgan fingerprint density at radius 1 is 0.933 bits per heavy atom. The van der Waals surface area contributed by atoms with Gasteiger partial charge in [0.05, 0.1) is 30.4 Å². The Labute approximate surface area is 175 Å². The van der Waals surface area contributed by atoms with E-state index >= 15 is 0 Å². The van der Waals surface area contributed by atoms with Gasteiger partial charge in [0, 0.05) is 18.7 Å². The average molecular weight is 432 g/mol. The van der Waals surface area contributed by atoms with Crippen molar-refractivity contribution in [3.8, 4) is 5.75 Å². The molecule has 9 heteroatoms. The molecule has 0 aliphatic carbocycles. The lowest BCUT2D eigenvalue weighted by Crippen LogP contribution is -2.35. The summed E-state index contributed by atoms with van der Waals surface area (Å²) in [6.07, 6.45) is 2.69. The second-order valence-electron chi connectivity index (χ2n) is 6.85. The fourth-order valence-electron chi connectivity index (χ4n) is 3.27. The Morgan fingerprint density at radius 3 is 2.17 bits per heavy atom. The maximum atomic E-state index is 13.0. The molecule has 8 nitrogen and oxygen atoms in total. The highest BCUT2D eigenvalue weighted by molar-refractivity contribution is 7.89. The largest absolute Gasteiger partial charge is 0.495 e. The molecule has 160 valence electrons. The van der Waals surface area contributed by atoms with Crippen LogP contribution in [0.25, 0.3) is 0 Å². The molecule has 0 atom stereocenters. The third-order valence-corrected chi connectivity index (χ3v) is 6.83. The second-order valence-corrected chi connectivity index (χ2v) is 8.79. The van der Waals surface area contributed by atoms with E-state index in [9.17, 15) is 18.0 Å².